The number of hydrogen-bond acceptors (Lipinski definition) is 5. The lowest BCUT2D eigenvalue weighted by atomic mass is 10.2. The molecule has 0 spiro atoms. The van der Waals surface area contributed by atoms with Crippen molar-refractivity contribution >= 4 is 23.2 Å². The molecule has 0 saturated carbocycles. The number of aromatic nitrogens is 2. The molecule has 0 radical (unpaired) electrons. The van der Waals surface area contributed by atoms with Gasteiger partial charge in [0.05, 0.1) is 6.61 Å². The van der Waals surface area contributed by atoms with Gasteiger partial charge >= 0.3 is 0 Å². The molecule has 1 aromatic heterocycles. The number of nitrogens with one attached hydrogen (secondary N) is 3. The van der Waals surface area contributed by atoms with E-state index in [0.29, 0.717) is 12.3 Å². The predicted octanol–water partition coefficient (Wildman–Crippen LogP) is 0.824. The topological polar surface area (TPSA) is 97.3 Å². The zero-order chi connectivity index (χ0) is 20.0. The summed E-state index contributed by atoms with van der Waals surface area (Å²) in [6.45, 7) is 3.85. The summed E-state index contributed by atoms with van der Waals surface area (Å²) < 4.78 is 20.2. The van der Waals surface area contributed by atoms with Gasteiger partial charge < -0.3 is 10.1 Å². The van der Waals surface area contributed by atoms with Crippen molar-refractivity contribution in [3.05, 3.63) is 57.8 Å². The van der Waals surface area contributed by atoms with Crippen LogP contribution in [0.3, 0.4) is 0 Å². The van der Waals surface area contributed by atoms with Gasteiger partial charge in [-0.05, 0) is 38.2 Å². The Balaban J connectivity index is 2.17. The van der Waals surface area contributed by atoms with Gasteiger partial charge in [0, 0.05) is 24.9 Å². The van der Waals surface area contributed by atoms with Gasteiger partial charge in [0.2, 0.25) is 5.43 Å². The molecule has 0 aliphatic rings. The smallest absolute Gasteiger partial charge is 0.294 e. The number of halogens is 1. The van der Waals surface area contributed by atoms with Gasteiger partial charge in [-0.15, -0.1) is 0 Å². The Hall–Kier alpha value is -2.85. The first-order valence-corrected chi connectivity index (χ1v) is 8.46. The normalized spacial score (nSPS) is 11.6. The molecule has 0 unspecified atom stereocenters. The second-order valence-electron chi connectivity index (χ2n) is 5.77. The zero-order valence-corrected chi connectivity index (χ0v) is 15.9. The summed E-state index contributed by atoms with van der Waals surface area (Å²) in [5.41, 5.74) is 4.31. The summed E-state index contributed by atoms with van der Waals surface area (Å²) >= 11 is 5.04. The van der Waals surface area contributed by atoms with E-state index in [-0.39, 0.29) is 16.8 Å². The molecule has 1 aromatic carbocycles. The van der Waals surface area contributed by atoms with Crippen LogP contribution in [0.15, 0.2) is 35.1 Å². The van der Waals surface area contributed by atoms with E-state index in [1.165, 1.54) is 28.9 Å². The highest BCUT2D eigenvalue weighted by atomic mass is 32.1. The Bertz CT molecular complexity index is 902. The lowest BCUT2D eigenvalue weighted by molar-refractivity contribution is 0.0935. The third-order valence-electron chi connectivity index (χ3n) is 3.49. The molecule has 0 bridgehead atoms. The van der Waals surface area contributed by atoms with Gasteiger partial charge in [-0.2, -0.15) is 5.10 Å². The summed E-state index contributed by atoms with van der Waals surface area (Å²) in [4.78, 5) is 24.4. The van der Waals surface area contributed by atoms with E-state index in [1.807, 2.05) is 6.92 Å². The van der Waals surface area contributed by atoms with E-state index in [9.17, 15) is 14.0 Å². The number of carbonyl (C=O) groups excluding carboxylic acids is 1. The summed E-state index contributed by atoms with van der Waals surface area (Å²) in [6.07, 6.45) is 0. The molecule has 144 valence electrons. The maximum atomic E-state index is 14.0. The van der Waals surface area contributed by atoms with Crippen LogP contribution < -0.4 is 21.6 Å². The lowest BCUT2D eigenvalue weighted by Crippen LogP contribution is -2.50. The van der Waals surface area contributed by atoms with Crippen LogP contribution in [0.25, 0.3) is 5.69 Å². The number of carbonyl (C=O) groups is 1. The van der Waals surface area contributed by atoms with Crippen LogP contribution in [0.2, 0.25) is 0 Å². The van der Waals surface area contributed by atoms with Crippen molar-refractivity contribution in [3.63, 3.8) is 0 Å². The third kappa shape index (κ3) is 5.31. The fourth-order valence-corrected chi connectivity index (χ4v) is 2.55. The van der Waals surface area contributed by atoms with Gasteiger partial charge in [0.25, 0.3) is 5.91 Å². The number of amides is 1. The summed E-state index contributed by atoms with van der Waals surface area (Å²) in [5.74, 6) is -1.33. The fourth-order valence-electron chi connectivity index (χ4n) is 2.30. The predicted molar refractivity (Wildman–Crippen MR) is 102 cm³/mol. The van der Waals surface area contributed by atoms with Crippen molar-refractivity contribution in [3.8, 4) is 5.69 Å². The minimum atomic E-state index is -0.798. The molecule has 2 aromatic rings. The average molecular weight is 393 g/mol. The second-order valence-corrected chi connectivity index (χ2v) is 6.18. The Labute approximate surface area is 160 Å². The number of hydrazine groups is 1. The van der Waals surface area contributed by atoms with Gasteiger partial charge in [-0.3, -0.25) is 20.4 Å². The Morgan fingerprint density at radius 3 is 2.74 bits per heavy atom. The van der Waals surface area contributed by atoms with Gasteiger partial charge in [-0.25, -0.2) is 9.07 Å². The summed E-state index contributed by atoms with van der Waals surface area (Å²) in [5, 5.41) is 7.03. The van der Waals surface area contributed by atoms with Crippen LogP contribution in [-0.2, 0) is 4.74 Å². The Morgan fingerprint density at radius 1 is 1.37 bits per heavy atom. The van der Waals surface area contributed by atoms with Crippen LogP contribution in [0, 0.1) is 12.7 Å². The number of thiocarbonyl (C=S) groups is 1. The summed E-state index contributed by atoms with van der Waals surface area (Å²) in [6, 6.07) is 7.06. The minimum absolute atomic E-state index is 0.0808. The number of rotatable bonds is 5. The van der Waals surface area contributed by atoms with E-state index < -0.39 is 22.8 Å². The van der Waals surface area contributed by atoms with Gasteiger partial charge in [-0.1, -0.05) is 12.1 Å². The van der Waals surface area contributed by atoms with E-state index in [1.54, 1.807) is 20.1 Å². The van der Waals surface area contributed by atoms with Crippen LogP contribution in [0.5, 0.6) is 0 Å². The standard InChI is InChI=1S/C17H20FN5O3S/c1-10(9-26-3)19-17(27)21-20-16(25)15-14(24)8-11(2)23(22-15)13-7-5-4-6-12(13)18/h4-8,10H,9H2,1-3H3,(H,20,25)(H2,19,21,27)/t10-/m1/s1. The number of nitrogens with zero attached hydrogens (tertiary/aromatic N) is 2. The van der Waals surface area contributed by atoms with E-state index in [0.717, 1.165) is 0 Å². The van der Waals surface area contributed by atoms with E-state index in [2.05, 4.69) is 21.3 Å². The second kappa shape index (κ2) is 9.19. The maximum absolute atomic E-state index is 14.0. The molecule has 2 rings (SSSR count). The number of para-hydroxylation sites is 1. The van der Waals surface area contributed by atoms with Crippen LogP contribution in [-0.4, -0.2) is 40.6 Å². The number of hydrogen-bond donors (Lipinski definition) is 3. The molecule has 0 fully saturated rings. The third-order valence-corrected chi connectivity index (χ3v) is 3.71. The Kier molecular flexibility index (Phi) is 6.97. The first-order chi connectivity index (χ1) is 12.8. The molecule has 10 heteroatoms. The molecule has 0 saturated heterocycles. The number of methoxy groups -OCH3 is 1. The van der Waals surface area contributed by atoms with Crippen LogP contribution >= 0.6 is 12.2 Å². The van der Waals surface area contributed by atoms with Crippen molar-refractivity contribution in [1.29, 1.82) is 0 Å². The fraction of sp³-hybridized carbons (Fsp3) is 0.294. The minimum Gasteiger partial charge on any atom is -0.383 e. The van der Waals surface area contributed by atoms with Crippen molar-refractivity contribution in [2.24, 2.45) is 0 Å². The van der Waals surface area contributed by atoms with Gasteiger partial charge in [0.15, 0.2) is 10.8 Å². The lowest BCUT2D eigenvalue weighted by Gasteiger charge is -2.16. The van der Waals surface area contributed by atoms with Crippen LogP contribution in [0.4, 0.5) is 4.39 Å². The van der Waals surface area contributed by atoms with Crippen molar-refractivity contribution in [1.82, 2.24) is 25.9 Å². The molecule has 0 aliphatic heterocycles. The van der Waals surface area contributed by atoms with E-state index in [4.69, 9.17) is 17.0 Å². The molecular weight excluding hydrogens is 373 g/mol. The number of ether oxygens (including phenoxy) is 1. The van der Waals surface area contributed by atoms with Crippen LogP contribution in [0.1, 0.15) is 23.1 Å². The molecule has 27 heavy (non-hydrogen) atoms. The maximum Gasteiger partial charge on any atom is 0.294 e. The molecule has 3 N–H and O–H groups in total. The highest BCUT2D eigenvalue weighted by molar-refractivity contribution is 7.80. The number of aryl methyl sites for hydroxylation is 1. The number of benzene rings is 1. The average Bonchev–Trinajstić information content (AvgIpc) is 2.61. The van der Waals surface area contributed by atoms with Crippen molar-refractivity contribution in [2.45, 2.75) is 19.9 Å². The van der Waals surface area contributed by atoms with Gasteiger partial charge in [0.1, 0.15) is 11.5 Å². The van der Waals surface area contributed by atoms with E-state index >= 15 is 0 Å². The largest absolute Gasteiger partial charge is 0.383 e. The molecular formula is C17H20FN5O3S. The first kappa shape index (κ1) is 20.5. The zero-order valence-electron chi connectivity index (χ0n) is 15.1. The molecule has 1 amide bonds. The monoisotopic (exact) mass is 393 g/mol. The highest BCUT2D eigenvalue weighted by Crippen LogP contribution is 2.12. The Morgan fingerprint density at radius 2 is 2.07 bits per heavy atom. The molecule has 1 heterocycles. The molecule has 1 atom stereocenters. The molecule has 0 aliphatic carbocycles. The quantitative estimate of drug-likeness (QED) is 0.511. The SMILES string of the molecule is COC[C@@H](C)NC(=S)NNC(=O)c1nn(-c2ccccc2F)c(C)cc1=O. The van der Waals surface area contributed by atoms with Crippen molar-refractivity contribution in [2.75, 3.05) is 13.7 Å². The molecule has 8 nitrogen and oxygen atoms in total. The highest BCUT2D eigenvalue weighted by Gasteiger charge is 2.17. The summed E-state index contributed by atoms with van der Waals surface area (Å²) in [7, 11) is 1.56. The first-order valence-electron chi connectivity index (χ1n) is 8.05. The van der Waals surface area contributed by atoms with Crippen molar-refractivity contribution < 1.29 is 13.9 Å².